The second-order valence-electron chi connectivity index (χ2n) is 10.8. The van der Waals surface area contributed by atoms with Gasteiger partial charge in [-0.2, -0.15) is 0 Å². The van der Waals surface area contributed by atoms with E-state index in [1.807, 2.05) is 13.1 Å². The van der Waals surface area contributed by atoms with Gasteiger partial charge in [-0.3, -0.25) is 4.79 Å². The Hall–Kier alpha value is -0.970. The molecule has 0 radical (unpaired) electrons. The number of rotatable bonds is 1. The van der Waals surface area contributed by atoms with E-state index in [9.17, 15) is 4.79 Å². The Morgan fingerprint density at radius 3 is 2.67 bits per heavy atom. The molecular formula is C24H32Cl2N2O2. The van der Waals surface area contributed by atoms with Crippen molar-refractivity contribution in [3.8, 4) is 5.75 Å². The van der Waals surface area contributed by atoms with Gasteiger partial charge in [0.15, 0.2) is 0 Å². The zero-order valence-electron chi connectivity index (χ0n) is 18.5. The van der Waals surface area contributed by atoms with Crippen molar-refractivity contribution in [2.24, 2.45) is 22.7 Å². The van der Waals surface area contributed by atoms with Gasteiger partial charge in [0.2, 0.25) is 0 Å². The number of hydrogen-bond donors (Lipinski definition) is 2. The van der Waals surface area contributed by atoms with Crippen molar-refractivity contribution in [2.75, 3.05) is 7.05 Å². The predicted octanol–water partition coefficient (Wildman–Crippen LogP) is 4.93. The standard InChI is InChI=1S/C24H32Cl2N2O2/c1-12-6-7-18-22(2,3)20(26)17(27-5)10-24(18)23(12,4)9-14-16(25)8-13-15(19(14)30-24)11-28-21(13)29/h8,12,17-18,20,27H,6-7,9-11H2,1-5H3,(H,28,29)/t12-,17?,18-,20?,23+,24-/m0/s1. The average molecular weight is 451 g/mol. The van der Waals surface area contributed by atoms with E-state index < -0.39 is 0 Å². The summed E-state index contributed by atoms with van der Waals surface area (Å²) in [6.07, 6.45) is 4.02. The third-order valence-electron chi connectivity index (χ3n) is 9.29. The highest BCUT2D eigenvalue weighted by Gasteiger charge is 2.69. The van der Waals surface area contributed by atoms with Crippen LogP contribution in [0.2, 0.25) is 5.02 Å². The summed E-state index contributed by atoms with van der Waals surface area (Å²) < 4.78 is 7.21. The highest BCUT2D eigenvalue weighted by Crippen LogP contribution is 2.67. The van der Waals surface area contributed by atoms with Crippen molar-refractivity contribution in [2.45, 2.75) is 76.9 Å². The van der Waals surface area contributed by atoms with Crippen LogP contribution in [-0.2, 0) is 13.0 Å². The maximum absolute atomic E-state index is 12.4. The number of carbonyl (C=O) groups excluding carboxylic acids is 1. The molecule has 2 aliphatic heterocycles. The Balaban J connectivity index is 1.75. The maximum atomic E-state index is 12.4. The molecule has 4 aliphatic rings. The molecule has 0 aromatic heterocycles. The van der Waals surface area contributed by atoms with Crippen molar-refractivity contribution < 1.29 is 9.53 Å². The monoisotopic (exact) mass is 450 g/mol. The van der Waals surface area contributed by atoms with E-state index in [2.05, 4.69) is 38.3 Å². The summed E-state index contributed by atoms with van der Waals surface area (Å²) in [5.74, 6) is 1.64. The van der Waals surface area contributed by atoms with Crippen LogP contribution in [0, 0.1) is 22.7 Å². The zero-order valence-corrected chi connectivity index (χ0v) is 20.0. The summed E-state index contributed by atoms with van der Waals surface area (Å²) in [7, 11) is 2.00. The van der Waals surface area contributed by atoms with E-state index >= 15 is 0 Å². The van der Waals surface area contributed by atoms with Gasteiger partial charge in [-0.1, -0.05) is 39.3 Å². The topological polar surface area (TPSA) is 50.4 Å². The Bertz CT molecular complexity index is 932. The SMILES string of the molecule is CNC1C[C@@]23Oc4c(c(Cl)cc5c4CNC5=O)C[C@]2(C)[C@@H](C)CC[C@H]3C(C)(C)C1Cl. The molecule has 4 nitrogen and oxygen atoms in total. The second kappa shape index (κ2) is 6.52. The van der Waals surface area contributed by atoms with Crippen molar-refractivity contribution in [1.82, 2.24) is 10.6 Å². The molecule has 2 saturated carbocycles. The van der Waals surface area contributed by atoms with Crippen LogP contribution in [0.25, 0.3) is 0 Å². The Labute approximate surface area is 189 Å². The number of fused-ring (bicyclic) bond motifs is 3. The van der Waals surface area contributed by atoms with Crippen LogP contribution in [0.4, 0.5) is 0 Å². The first-order valence-corrected chi connectivity index (χ1v) is 12.0. The van der Waals surface area contributed by atoms with Gasteiger partial charge in [0.25, 0.3) is 5.91 Å². The molecule has 1 spiro atoms. The number of amides is 1. The van der Waals surface area contributed by atoms with E-state index in [1.54, 1.807) is 0 Å². The van der Waals surface area contributed by atoms with Gasteiger partial charge < -0.3 is 15.4 Å². The van der Waals surface area contributed by atoms with Crippen molar-refractivity contribution >= 4 is 29.1 Å². The van der Waals surface area contributed by atoms with E-state index in [0.717, 1.165) is 36.1 Å². The van der Waals surface area contributed by atoms with Crippen LogP contribution in [0.15, 0.2) is 6.07 Å². The van der Waals surface area contributed by atoms with Crippen LogP contribution in [-0.4, -0.2) is 30.0 Å². The van der Waals surface area contributed by atoms with Gasteiger partial charge in [0.1, 0.15) is 11.4 Å². The molecule has 1 aromatic carbocycles. The van der Waals surface area contributed by atoms with Gasteiger partial charge in [-0.25, -0.2) is 0 Å². The minimum absolute atomic E-state index is 0.0362. The summed E-state index contributed by atoms with van der Waals surface area (Å²) in [5.41, 5.74) is 2.22. The molecule has 30 heavy (non-hydrogen) atoms. The fraction of sp³-hybridized carbons (Fsp3) is 0.708. The van der Waals surface area contributed by atoms with Gasteiger partial charge in [-0.05, 0) is 43.7 Å². The van der Waals surface area contributed by atoms with Crippen molar-refractivity contribution in [1.29, 1.82) is 0 Å². The molecule has 2 heterocycles. The van der Waals surface area contributed by atoms with E-state index in [4.69, 9.17) is 27.9 Å². The molecule has 6 atom stereocenters. The van der Waals surface area contributed by atoms with Crippen molar-refractivity contribution in [3.63, 3.8) is 0 Å². The number of hydrogen-bond acceptors (Lipinski definition) is 3. The second-order valence-corrected chi connectivity index (χ2v) is 11.7. The summed E-state index contributed by atoms with van der Waals surface area (Å²) in [6, 6.07) is 2.00. The first-order valence-electron chi connectivity index (χ1n) is 11.2. The maximum Gasteiger partial charge on any atom is 0.252 e. The normalized spacial score (nSPS) is 41.1. The first kappa shape index (κ1) is 20.9. The molecule has 164 valence electrons. The molecule has 1 aromatic rings. The predicted molar refractivity (Wildman–Crippen MR) is 121 cm³/mol. The number of nitrogens with one attached hydrogen (secondary N) is 2. The number of ether oxygens (including phenoxy) is 1. The summed E-state index contributed by atoms with van der Waals surface area (Å²) in [6.45, 7) is 9.90. The van der Waals surface area contributed by atoms with Gasteiger partial charge >= 0.3 is 0 Å². The lowest BCUT2D eigenvalue weighted by molar-refractivity contribution is -0.214. The van der Waals surface area contributed by atoms with Gasteiger partial charge in [0, 0.05) is 52.1 Å². The molecule has 5 rings (SSSR count). The number of carbonyl (C=O) groups is 1. The molecule has 2 aliphatic carbocycles. The van der Waals surface area contributed by atoms with E-state index in [0.29, 0.717) is 29.0 Å². The molecular weight excluding hydrogens is 419 g/mol. The summed E-state index contributed by atoms with van der Waals surface area (Å²) >= 11 is 13.8. The molecule has 6 heteroatoms. The molecule has 2 unspecified atom stereocenters. The quantitative estimate of drug-likeness (QED) is 0.595. The summed E-state index contributed by atoms with van der Waals surface area (Å²) in [5, 5.41) is 7.14. The lowest BCUT2D eigenvalue weighted by atomic mass is 9.43. The Kier molecular flexibility index (Phi) is 4.55. The zero-order chi connectivity index (χ0) is 21.6. The van der Waals surface area contributed by atoms with Gasteiger partial charge in [-0.15, -0.1) is 11.6 Å². The highest BCUT2D eigenvalue weighted by molar-refractivity contribution is 6.32. The molecule has 0 saturated heterocycles. The van der Waals surface area contributed by atoms with Crippen molar-refractivity contribution in [3.05, 3.63) is 27.8 Å². The molecule has 2 N–H and O–H groups in total. The van der Waals surface area contributed by atoms with E-state index in [1.165, 1.54) is 6.42 Å². The van der Waals surface area contributed by atoms with Gasteiger partial charge in [0.05, 0.1) is 5.38 Å². The van der Waals surface area contributed by atoms with E-state index in [-0.39, 0.29) is 33.8 Å². The molecule has 2 fully saturated rings. The third-order valence-corrected chi connectivity index (χ3v) is 10.5. The highest BCUT2D eigenvalue weighted by atomic mass is 35.5. The van der Waals surface area contributed by atoms with Crippen LogP contribution in [0.3, 0.4) is 0 Å². The van der Waals surface area contributed by atoms with Crippen LogP contribution < -0.4 is 15.4 Å². The summed E-state index contributed by atoms with van der Waals surface area (Å²) in [4.78, 5) is 12.4. The Morgan fingerprint density at radius 2 is 1.97 bits per heavy atom. The smallest absolute Gasteiger partial charge is 0.252 e. The van der Waals surface area contributed by atoms with Crippen LogP contribution >= 0.6 is 23.2 Å². The average Bonchev–Trinajstić information content (AvgIpc) is 3.06. The third kappa shape index (κ3) is 2.42. The fourth-order valence-electron chi connectivity index (χ4n) is 7.27. The lowest BCUT2D eigenvalue weighted by Crippen LogP contribution is -2.73. The van der Waals surface area contributed by atoms with Crippen LogP contribution in [0.1, 0.15) is 68.4 Å². The molecule has 0 bridgehead atoms. The fourth-order valence-corrected chi connectivity index (χ4v) is 7.90. The number of alkyl halides is 1. The largest absolute Gasteiger partial charge is 0.486 e. The number of benzene rings is 1. The van der Waals surface area contributed by atoms with Crippen LogP contribution in [0.5, 0.6) is 5.75 Å². The Morgan fingerprint density at radius 1 is 1.23 bits per heavy atom. The minimum Gasteiger partial charge on any atom is -0.486 e. The first-order chi connectivity index (χ1) is 14.1. The lowest BCUT2D eigenvalue weighted by Gasteiger charge is -2.68. The molecule has 1 amide bonds. The number of halogens is 2. The minimum atomic E-state index is -0.343.